The van der Waals surface area contributed by atoms with Gasteiger partial charge in [-0.2, -0.15) is 0 Å². The van der Waals surface area contributed by atoms with Crippen molar-refractivity contribution >= 4 is 10.9 Å². The number of hydrogen-bond donors (Lipinski definition) is 1. The van der Waals surface area contributed by atoms with E-state index in [4.69, 9.17) is 4.74 Å². The molecule has 0 saturated carbocycles. The van der Waals surface area contributed by atoms with Crippen LogP contribution in [0.1, 0.15) is 31.9 Å². The number of fused-ring (bicyclic) bond motifs is 1. The lowest BCUT2D eigenvalue weighted by Gasteiger charge is -2.18. The van der Waals surface area contributed by atoms with Crippen LogP contribution in [0, 0.1) is 0 Å². The van der Waals surface area contributed by atoms with Crippen molar-refractivity contribution in [3.8, 4) is 0 Å². The van der Waals surface area contributed by atoms with Gasteiger partial charge < -0.3 is 10.1 Å². The Morgan fingerprint density at radius 1 is 1.26 bits per heavy atom. The highest BCUT2D eigenvalue weighted by atomic mass is 16.5. The lowest BCUT2D eigenvalue weighted by molar-refractivity contribution is 0.112. The smallest absolute Gasteiger partial charge is 0.0702 e. The molecule has 19 heavy (non-hydrogen) atoms. The van der Waals surface area contributed by atoms with Crippen LogP contribution in [0.5, 0.6) is 0 Å². The molecule has 0 amide bonds. The molecule has 0 aliphatic heterocycles. The zero-order valence-corrected chi connectivity index (χ0v) is 11.7. The first kappa shape index (κ1) is 14.0. The van der Waals surface area contributed by atoms with Crippen molar-refractivity contribution in [1.82, 2.24) is 10.3 Å². The van der Waals surface area contributed by atoms with Gasteiger partial charge in [0.15, 0.2) is 0 Å². The Morgan fingerprint density at radius 3 is 2.95 bits per heavy atom. The van der Waals surface area contributed by atoms with Gasteiger partial charge in [-0.3, -0.25) is 4.98 Å². The standard InChI is InChI=1S/C16H22N2O/c1-3-10-19-12-16(17-4-2)14-7-8-15-13(11-14)6-5-9-18-15/h5-9,11,16-17H,3-4,10,12H2,1-2H3. The minimum Gasteiger partial charge on any atom is -0.379 e. The van der Waals surface area contributed by atoms with Crippen molar-refractivity contribution in [2.45, 2.75) is 26.3 Å². The molecule has 0 bridgehead atoms. The Kier molecular flexibility index (Phi) is 5.31. The highest BCUT2D eigenvalue weighted by Gasteiger charge is 2.10. The molecule has 1 unspecified atom stereocenters. The van der Waals surface area contributed by atoms with Gasteiger partial charge in [0.05, 0.1) is 18.2 Å². The Morgan fingerprint density at radius 2 is 2.16 bits per heavy atom. The van der Waals surface area contributed by atoms with Crippen LogP contribution >= 0.6 is 0 Å². The molecule has 1 N–H and O–H groups in total. The van der Waals surface area contributed by atoms with E-state index in [-0.39, 0.29) is 6.04 Å². The van der Waals surface area contributed by atoms with Crippen LogP contribution in [0.25, 0.3) is 10.9 Å². The Balaban J connectivity index is 2.17. The van der Waals surface area contributed by atoms with E-state index in [1.54, 1.807) is 0 Å². The van der Waals surface area contributed by atoms with Gasteiger partial charge in [-0.1, -0.05) is 26.0 Å². The van der Waals surface area contributed by atoms with Crippen LogP contribution in [0.2, 0.25) is 0 Å². The number of nitrogens with zero attached hydrogens (tertiary/aromatic N) is 1. The topological polar surface area (TPSA) is 34.1 Å². The Hall–Kier alpha value is -1.45. The van der Waals surface area contributed by atoms with E-state index < -0.39 is 0 Å². The molecule has 0 radical (unpaired) electrons. The number of pyridine rings is 1. The maximum absolute atomic E-state index is 5.69. The van der Waals surface area contributed by atoms with Gasteiger partial charge in [0, 0.05) is 18.2 Å². The van der Waals surface area contributed by atoms with Crippen LogP contribution in [0.15, 0.2) is 36.5 Å². The van der Waals surface area contributed by atoms with Crippen LogP contribution in [-0.4, -0.2) is 24.7 Å². The SMILES string of the molecule is CCCOCC(NCC)c1ccc2ncccc2c1. The van der Waals surface area contributed by atoms with Crippen LogP contribution < -0.4 is 5.32 Å². The van der Waals surface area contributed by atoms with Crippen molar-refractivity contribution in [1.29, 1.82) is 0 Å². The molecule has 0 aliphatic carbocycles. The summed E-state index contributed by atoms with van der Waals surface area (Å²) in [6.45, 7) is 6.72. The number of likely N-dealkylation sites (N-methyl/N-ethyl adjacent to an activating group) is 1. The summed E-state index contributed by atoms with van der Waals surface area (Å²) in [5.74, 6) is 0. The summed E-state index contributed by atoms with van der Waals surface area (Å²) in [4.78, 5) is 4.35. The molecule has 2 aromatic rings. The van der Waals surface area contributed by atoms with Crippen molar-refractivity contribution in [2.75, 3.05) is 19.8 Å². The first-order valence-electron chi connectivity index (χ1n) is 7.01. The van der Waals surface area contributed by atoms with E-state index in [1.807, 2.05) is 12.3 Å². The molecule has 0 saturated heterocycles. The summed E-state index contributed by atoms with van der Waals surface area (Å²) in [5.41, 5.74) is 2.30. The van der Waals surface area contributed by atoms with Gasteiger partial charge >= 0.3 is 0 Å². The van der Waals surface area contributed by atoms with E-state index in [2.05, 4.69) is 48.4 Å². The van der Waals surface area contributed by atoms with Crippen molar-refractivity contribution in [3.63, 3.8) is 0 Å². The minimum atomic E-state index is 0.251. The summed E-state index contributed by atoms with van der Waals surface area (Å²) in [6.07, 6.45) is 2.88. The highest BCUT2D eigenvalue weighted by molar-refractivity contribution is 5.79. The molecule has 1 atom stereocenters. The molecule has 102 valence electrons. The summed E-state index contributed by atoms with van der Waals surface area (Å²) in [7, 11) is 0. The summed E-state index contributed by atoms with van der Waals surface area (Å²) < 4.78 is 5.69. The lowest BCUT2D eigenvalue weighted by Crippen LogP contribution is -2.25. The number of aromatic nitrogens is 1. The third-order valence-corrected chi connectivity index (χ3v) is 3.11. The van der Waals surface area contributed by atoms with E-state index in [0.717, 1.165) is 25.1 Å². The third kappa shape index (κ3) is 3.75. The fourth-order valence-electron chi connectivity index (χ4n) is 2.18. The Labute approximate surface area is 115 Å². The van der Waals surface area contributed by atoms with Gasteiger partial charge in [-0.15, -0.1) is 0 Å². The second-order valence-corrected chi connectivity index (χ2v) is 4.64. The van der Waals surface area contributed by atoms with Gasteiger partial charge in [-0.25, -0.2) is 0 Å². The first-order chi connectivity index (χ1) is 9.35. The predicted octanol–water partition coefficient (Wildman–Crippen LogP) is 3.31. The van der Waals surface area contributed by atoms with Crippen LogP contribution in [-0.2, 0) is 4.74 Å². The summed E-state index contributed by atoms with van der Waals surface area (Å²) >= 11 is 0. The number of rotatable bonds is 7. The number of ether oxygens (including phenoxy) is 1. The highest BCUT2D eigenvalue weighted by Crippen LogP contribution is 2.19. The van der Waals surface area contributed by atoms with Crippen LogP contribution in [0.3, 0.4) is 0 Å². The van der Waals surface area contributed by atoms with Crippen LogP contribution in [0.4, 0.5) is 0 Å². The van der Waals surface area contributed by atoms with Gasteiger partial charge in [0.2, 0.25) is 0 Å². The second kappa shape index (κ2) is 7.22. The predicted molar refractivity (Wildman–Crippen MR) is 79.3 cm³/mol. The zero-order valence-electron chi connectivity index (χ0n) is 11.7. The van der Waals surface area contributed by atoms with E-state index >= 15 is 0 Å². The molecule has 3 heteroatoms. The van der Waals surface area contributed by atoms with E-state index in [0.29, 0.717) is 6.61 Å². The second-order valence-electron chi connectivity index (χ2n) is 4.64. The minimum absolute atomic E-state index is 0.251. The monoisotopic (exact) mass is 258 g/mol. The third-order valence-electron chi connectivity index (χ3n) is 3.11. The molecule has 3 nitrogen and oxygen atoms in total. The number of nitrogens with one attached hydrogen (secondary N) is 1. The molecule has 2 rings (SSSR count). The molecular weight excluding hydrogens is 236 g/mol. The van der Waals surface area contributed by atoms with Gasteiger partial charge in [0.25, 0.3) is 0 Å². The fourth-order valence-corrected chi connectivity index (χ4v) is 2.18. The first-order valence-corrected chi connectivity index (χ1v) is 7.01. The quantitative estimate of drug-likeness (QED) is 0.774. The molecular formula is C16H22N2O. The van der Waals surface area contributed by atoms with E-state index in [1.165, 1.54) is 10.9 Å². The molecule has 1 aromatic heterocycles. The average Bonchev–Trinajstić information content (AvgIpc) is 2.46. The maximum atomic E-state index is 5.69. The molecule has 1 aromatic carbocycles. The molecule has 0 aliphatic rings. The summed E-state index contributed by atoms with van der Waals surface area (Å²) in [5, 5.41) is 4.66. The van der Waals surface area contributed by atoms with Gasteiger partial charge in [0.1, 0.15) is 0 Å². The normalized spacial score (nSPS) is 12.7. The largest absolute Gasteiger partial charge is 0.379 e. The molecule has 0 spiro atoms. The molecule has 0 fully saturated rings. The number of hydrogen-bond acceptors (Lipinski definition) is 3. The van der Waals surface area contributed by atoms with Gasteiger partial charge in [-0.05, 0) is 36.7 Å². The van der Waals surface area contributed by atoms with Crippen molar-refractivity contribution in [3.05, 3.63) is 42.1 Å². The maximum Gasteiger partial charge on any atom is 0.0702 e. The number of benzene rings is 1. The fraction of sp³-hybridized carbons (Fsp3) is 0.438. The van der Waals surface area contributed by atoms with Crippen molar-refractivity contribution < 1.29 is 4.74 Å². The van der Waals surface area contributed by atoms with Crippen molar-refractivity contribution in [2.24, 2.45) is 0 Å². The zero-order chi connectivity index (χ0) is 13.5. The average molecular weight is 258 g/mol. The Bertz CT molecular complexity index is 513. The lowest BCUT2D eigenvalue weighted by atomic mass is 10.0. The molecule has 1 heterocycles. The summed E-state index contributed by atoms with van der Waals surface area (Å²) in [6, 6.07) is 10.7. The van der Waals surface area contributed by atoms with E-state index in [9.17, 15) is 0 Å².